The lowest BCUT2D eigenvalue weighted by Crippen LogP contribution is -2.47. The molecule has 1 N–H and O–H groups in total. The fraction of sp³-hybridized carbons (Fsp3) is 0.611. The summed E-state index contributed by atoms with van der Waals surface area (Å²) in [5.41, 5.74) is 1.20. The first-order valence-corrected chi connectivity index (χ1v) is 8.55. The number of carbonyl (C=O) groups excluding carboxylic acids is 1. The molecular weight excluding hydrogens is 328 g/mol. The maximum Gasteiger partial charge on any atom is 0.224 e. The molecular formula is C18H27ClN2O3. The molecule has 2 fully saturated rings. The quantitative estimate of drug-likeness (QED) is 0.878. The minimum absolute atomic E-state index is 0. The standard InChI is InChI=1S/C18H26N2O3.ClH/c21-18(12-16-14-22-11-8-19-16)20-9-6-17(7-10-20)23-13-15-4-2-1-3-5-15;/h1-5,16-17,19H,6-14H2;1H. The summed E-state index contributed by atoms with van der Waals surface area (Å²) in [6.07, 6.45) is 2.64. The number of rotatable bonds is 5. The summed E-state index contributed by atoms with van der Waals surface area (Å²) in [5, 5.41) is 3.34. The molecule has 2 aliphatic rings. The van der Waals surface area contributed by atoms with Gasteiger partial charge >= 0.3 is 0 Å². The average Bonchev–Trinajstić information content (AvgIpc) is 2.62. The predicted molar refractivity (Wildman–Crippen MR) is 95.3 cm³/mol. The summed E-state index contributed by atoms with van der Waals surface area (Å²) in [6, 6.07) is 10.4. The fourth-order valence-corrected chi connectivity index (χ4v) is 3.15. The number of hydrogen-bond donors (Lipinski definition) is 1. The van der Waals surface area contributed by atoms with Gasteiger partial charge in [-0.15, -0.1) is 12.4 Å². The van der Waals surface area contributed by atoms with E-state index in [0.717, 1.165) is 39.1 Å². The van der Waals surface area contributed by atoms with Gasteiger partial charge in [0.2, 0.25) is 5.91 Å². The Morgan fingerprint density at radius 2 is 2.00 bits per heavy atom. The SMILES string of the molecule is Cl.O=C(CC1COCCN1)N1CCC(OCc2ccccc2)CC1. The zero-order valence-corrected chi connectivity index (χ0v) is 14.8. The van der Waals surface area contributed by atoms with Crippen LogP contribution in [0.2, 0.25) is 0 Å². The van der Waals surface area contributed by atoms with Crippen LogP contribution in [0.4, 0.5) is 0 Å². The van der Waals surface area contributed by atoms with Crippen LogP contribution in [0.25, 0.3) is 0 Å². The number of nitrogens with one attached hydrogen (secondary N) is 1. The molecule has 0 aliphatic carbocycles. The van der Waals surface area contributed by atoms with Crippen LogP contribution in [-0.4, -0.2) is 55.8 Å². The van der Waals surface area contributed by atoms with E-state index < -0.39 is 0 Å². The first-order chi connectivity index (χ1) is 11.3. The first kappa shape index (κ1) is 19.2. The van der Waals surface area contributed by atoms with Crippen molar-refractivity contribution in [2.45, 2.75) is 38.0 Å². The van der Waals surface area contributed by atoms with Crippen molar-refractivity contribution in [2.24, 2.45) is 0 Å². The van der Waals surface area contributed by atoms with Crippen molar-refractivity contribution in [1.29, 1.82) is 0 Å². The Labute approximate surface area is 150 Å². The number of carbonyl (C=O) groups is 1. The second kappa shape index (κ2) is 9.99. The number of nitrogens with zero attached hydrogens (tertiary/aromatic N) is 1. The van der Waals surface area contributed by atoms with Gasteiger partial charge in [0.15, 0.2) is 0 Å². The van der Waals surface area contributed by atoms with E-state index in [1.54, 1.807) is 0 Å². The van der Waals surface area contributed by atoms with Crippen molar-refractivity contribution in [3.63, 3.8) is 0 Å². The Kier molecular flexibility index (Phi) is 7.99. The molecule has 2 aliphatic heterocycles. The number of amides is 1. The number of halogens is 1. The zero-order chi connectivity index (χ0) is 15.9. The number of morpholine rings is 1. The van der Waals surface area contributed by atoms with Gasteiger partial charge in [0.1, 0.15) is 0 Å². The van der Waals surface area contributed by atoms with E-state index >= 15 is 0 Å². The van der Waals surface area contributed by atoms with Crippen molar-refractivity contribution in [2.75, 3.05) is 32.8 Å². The van der Waals surface area contributed by atoms with Gasteiger partial charge in [-0.1, -0.05) is 30.3 Å². The number of piperidine rings is 1. The Morgan fingerprint density at radius 3 is 2.67 bits per heavy atom. The largest absolute Gasteiger partial charge is 0.378 e. The van der Waals surface area contributed by atoms with Gasteiger partial charge in [0.05, 0.1) is 25.9 Å². The molecule has 1 atom stereocenters. The van der Waals surface area contributed by atoms with Gasteiger partial charge in [0, 0.05) is 32.1 Å². The van der Waals surface area contributed by atoms with Crippen molar-refractivity contribution in [3.8, 4) is 0 Å². The Bertz CT molecular complexity index is 486. The van der Waals surface area contributed by atoms with E-state index in [-0.39, 0.29) is 30.5 Å². The van der Waals surface area contributed by atoms with Crippen LogP contribution in [0.1, 0.15) is 24.8 Å². The lowest BCUT2D eigenvalue weighted by molar-refractivity contribution is -0.135. The van der Waals surface area contributed by atoms with E-state index in [1.807, 2.05) is 23.1 Å². The first-order valence-electron chi connectivity index (χ1n) is 8.55. The summed E-state index contributed by atoms with van der Waals surface area (Å²) in [5.74, 6) is 0.231. The third-order valence-corrected chi connectivity index (χ3v) is 4.54. The van der Waals surface area contributed by atoms with Crippen LogP contribution in [0, 0.1) is 0 Å². The molecule has 0 saturated carbocycles. The second-order valence-electron chi connectivity index (χ2n) is 6.31. The van der Waals surface area contributed by atoms with E-state index in [2.05, 4.69) is 17.4 Å². The third-order valence-electron chi connectivity index (χ3n) is 4.54. The minimum atomic E-state index is 0. The fourth-order valence-electron chi connectivity index (χ4n) is 3.15. The summed E-state index contributed by atoms with van der Waals surface area (Å²) in [7, 11) is 0. The third kappa shape index (κ3) is 5.74. The molecule has 0 spiro atoms. The van der Waals surface area contributed by atoms with E-state index in [9.17, 15) is 4.79 Å². The van der Waals surface area contributed by atoms with Crippen LogP contribution in [0.3, 0.4) is 0 Å². The van der Waals surface area contributed by atoms with E-state index in [0.29, 0.717) is 19.6 Å². The Balaban J connectivity index is 0.00000208. The normalized spacial score (nSPS) is 22.0. The van der Waals surface area contributed by atoms with Gasteiger partial charge in [-0.05, 0) is 18.4 Å². The van der Waals surface area contributed by atoms with Crippen LogP contribution in [-0.2, 0) is 20.9 Å². The predicted octanol–water partition coefficient (Wildman–Crippen LogP) is 1.99. The second-order valence-corrected chi connectivity index (χ2v) is 6.31. The van der Waals surface area contributed by atoms with E-state index in [1.165, 1.54) is 5.56 Å². The maximum atomic E-state index is 12.3. The molecule has 6 heteroatoms. The number of ether oxygens (including phenoxy) is 2. The molecule has 1 aromatic rings. The molecule has 2 saturated heterocycles. The molecule has 134 valence electrons. The monoisotopic (exact) mass is 354 g/mol. The zero-order valence-electron chi connectivity index (χ0n) is 14.0. The highest BCUT2D eigenvalue weighted by Crippen LogP contribution is 2.17. The van der Waals surface area contributed by atoms with Gasteiger partial charge in [-0.25, -0.2) is 0 Å². The molecule has 3 rings (SSSR count). The molecule has 1 unspecified atom stereocenters. The molecule has 1 aromatic carbocycles. The summed E-state index contributed by atoms with van der Waals surface area (Å²) < 4.78 is 11.4. The summed E-state index contributed by atoms with van der Waals surface area (Å²) >= 11 is 0. The summed E-state index contributed by atoms with van der Waals surface area (Å²) in [6.45, 7) is 4.48. The van der Waals surface area contributed by atoms with Crippen LogP contribution in [0.5, 0.6) is 0 Å². The molecule has 2 heterocycles. The van der Waals surface area contributed by atoms with Crippen LogP contribution < -0.4 is 5.32 Å². The number of benzene rings is 1. The van der Waals surface area contributed by atoms with Gasteiger partial charge in [-0.3, -0.25) is 4.79 Å². The van der Waals surface area contributed by atoms with E-state index in [4.69, 9.17) is 9.47 Å². The highest BCUT2D eigenvalue weighted by molar-refractivity contribution is 5.85. The number of likely N-dealkylation sites (tertiary alicyclic amines) is 1. The Hall–Kier alpha value is -1.14. The lowest BCUT2D eigenvalue weighted by Gasteiger charge is -2.33. The van der Waals surface area contributed by atoms with Crippen molar-refractivity contribution < 1.29 is 14.3 Å². The van der Waals surface area contributed by atoms with Crippen LogP contribution in [0.15, 0.2) is 30.3 Å². The summed E-state index contributed by atoms with van der Waals surface area (Å²) in [4.78, 5) is 14.3. The van der Waals surface area contributed by atoms with Crippen LogP contribution >= 0.6 is 12.4 Å². The molecule has 1 amide bonds. The van der Waals surface area contributed by atoms with Crippen molar-refractivity contribution in [3.05, 3.63) is 35.9 Å². The topological polar surface area (TPSA) is 50.8 Å². The maximum absolute atomic E-state index is 12.3. The van der Waals surface area contributed by atoms with Gasteiger partial charge in [0.25, 0.3) is 0 Å². The van der Waals surface area contributed by atoms with Crippen molar-refractivity contribution in [1.82, 2.24) is 10.2 Å². The van der Waals surface area contributed by atoms with Gasteiger partial charge < -0.3 is 19.7 Å². The molecule has 0 aromatic heterocycles. The molecule has 0 radical (unpaired) electrons. The average molecular weight is 355 g/mol. The lowest BCUT2D eigenvalue weighted by atomic mass is 10.1. The van der Waals surface area contributed by atoms with Gasteiger partial charge in [-0.2, -0.15) is 0 Å². The number of hydrogen-bond acceptors (Lipinski definition) is 4. The highest BCUT2D eigenvalue weighted by atomic mass is 35.5. The highest BCUT2D eigenvalue weighted by Gasteiger charge is 2.25. The smallest absolute Gasteiger partial charge is 0.224 e. The Morgan fingerprint density at radius 1 is 1.25 bits per heavy atom. The minimum Gasteiger partial charge on any atom is -0.378 e. The molecule has 0 bridgehead atoms. The molecule has 5 nitrogen and oxygen atoms in total. The van der Waals surface area contributed by atoms with Crippen molar-refractivity contribution >= 4 is 18.3 Å². The molecule has 24 heavy (non-hydrogen) atoms.